The standard InChI is InChI=1S/C27H28N2O7/c1-5-18-13(2)19-7-9-23(14(3)24(19)36-27(18)34)35-15(4)25(31)29-22(26(32)33)10-16-12-28-21-8-6-17(30)11-20(16)21/h6-9,11-12,15,22,28,30H,5,10H2,1-4H3,(H,29,31)(H,32,33)/p-1/t15-,22-/m0/s1. The van der Waals surface area contributed by atoms with Gasteiger partial charge < -0.3 is 34.5 Å². The number of aromatic nitrogens is 1. The molecule has 0 aliphatic heterocycles. The number of benzene rings is 2. The van der Waals surface area contributed by atoms with E-state index in [2.05, 4.69) is 10.3 Å². The first-order valence-electron chi connectivity index (χ1n) is 11.6. The van der Waals surface area contributed by atoms with Crippen molar-refractivity contribution in [2.45, 2.75) is 52.7 Å². The van der Waals surface area contributed by atoms with Gasteiger partial charge in [0.1, 0.15) is 17.1 Å². The van der Waals surface area contributed by atoms with E-state index in [1.807, 2.05) is 13.8 Å². The molecule has 0 radical (unpaired) electrons. The third-order valence-electron chi connectivity index (χ3n) is 6.46. The summed E-state index contributed by atoms with van der Waals surface area (Å²) in [5.41, 5.74) is 3.32. The number of phenolic OH excluding ortho intramolecular Hbond substituents is 1. The van der Waals surface area contributed by atoms with Crippen LogP contribution >= 0.6 is 0 Å². The molecule has 0 unspecified atom stereocenters. The van der Waals surface area contributed by atoms with Gasteiger partial charge in [0.25, 0.3) is 5.91 Å². The fourth-order valence-electron chi connectivity index (χ4n) is 4.39. The second kappa shape index (κ2) is 9.77. The van der Waals surface area contributed by atoms with Crippen LogP contribution in [0.25, 0.3) is 21.9 Å². The van der Waals surface area contributed by atoms with Gasteiger partial charge in [0, 0.05) is 40.0 Å². The monoisotopic (exact) mass is 491 g/mol. The van der Waals surface area contributed by atoms with Gasteiger partial charge in [-0.25, -0.2) is 4.79 Å². The topological polar surface area (TPSA) is 145 Å². The van der Waals surface area contributed by atoms with Gasteiger partial charge in [0.2, 0.25) is 0 Å². The average Bonchev–Trinajstić information content (AvgIpc) is 3.22. The summed E-state index contributed by atoms with van der Waals surface area (Å²) in [6.07, 6.45) is 1.09. The Hall–Kier alpha value is -4.27. The van der Waals surface area contributed by atoms with E-state index in [0.717, 1.165) is 16.5 Å². The van der Waals surface area contributed by atoms with E-state index in [9.17, 15) is 24.6 Å². The number of ether oxygens (including phenoxy) is 1. The number of H-pyrrole nitrogens is 1. The van der Waals surface area contributed by atoms with Gasteiger partial charge in [-0.3, -0.25) is 4.79 Å². The van der Waals surface area contributed by atoms with E-state index in [1.54, 1.807) is 31.3 Å². The van der Waals surface area contributed by atoms with Crippen LogP contribution in [0.5, 0.6) is 11.5 Å². The smallest absolute Gasteiger partial charge is 0.339 e. The van der Waals surface area contributed by atoms with Gasteiger partial charge in [-0.05, 0) is 68.7 Å². The third kappa shape index (κ3) is 4.64. The second-order valence-corrected chi connectivity index (χ2v) is 8.80. The first-order chi connectivity index (χ1) is 17.1. The summed E-state index contributed by atoms with van der Waals surface area (Å²) in [5.74, 6) is -1.71. The highest BCUT2D eigenvalue weighted by atomic mass is 16.5. The number of aromatic hydroxyl groups is 1. The molecule has 0 aliphatic rings. The van der Waals surface area contributed by atoms with Crippen LogP contribution in [-0.4, -0.2) is 34.1 Å². The average molecular weight is 492 g/mol. The molecular formula is C27H27N2O7-. The van der Waals surface area contributed by atoms with Crippen molar-refractivity contribution in [1.29, 1.82) is 0 Å². The minimum Gasteiger partial charge on any atom is -0.548 e. The zero-order valence-corrected chi connectivity index (χ0v) is 20.4. The Morgan fingerprint density at radius 3 is 2.61 bits per heavy atom. The third-order valence-corrected chi connectivity index (χ3v) is 6.46. The molecule has 4 rings (SSSR count). The lowest BCUT2D eigenvalue weighted by molar-refractivity contribution is -0.308. The van der Waals surface area contributed by atoms with Crippen LogP contribution in [0, 0.1) is 13.8 Å². The molecule has 9 nitrogen and oxygen atoms in total. The first kappa shape index (κ1) is 24.8. The number of rotatable bonds is 8. The lowest BCUT2D eigenvalue weighted by Crippen LogP contribution is -2.52. The van der Waals surface area contributed by atoms with Gasteiger partial charge in [-0.2, -0.15) is 0 Å². The number of carbonyl (C=O) groups is 2. The lowest BCUT2D eigenvalue weighted by Gasteiger charge is -2.23. The van der Waals surface area contributed by atoms with E-state index >= 15 is 0 Å². The molecule has 0 bridgehead atoms. The molecule has 0 saturated heterocycles. The molecule has 36 heavy (non-hydrogen) atoms. The van der Waals surface area contributed by atoms with E-state index in [-0.39, 0.29) is 12.2 Å². The van der Waals surface area contributed by atoms with E-state index in [1.165, 1.54) is 19.1 Å². The number of carboxylic acid groups (broad SMARTS) is 1. The maximum Gasteiger partial charge on any atom is 0.339 e. The fourth-order valence-corrected chi connectivity index (χ4v) is 4.39. The van der Waals surface area contributed by atoms with Crippen LogP contribution in [0.15, 0.2) is 45.7 Å². The molecule has 4 aromatic rings. The number of aliphatic carboxylic acids is 1. The van der Waals surface area contributed by atoms with Crippen LogP contribution in [0.4, 0.5) is 0 Å². The highest BCUT2D eigenvalue weighted by Gasteiger charge is 2.23. The second-order valence-electron chi connectivity index (χ2n) is 8.80. The summed E-state index contributed by atoms with van der Waals surface area (Å²) < 4.78 is 11.4. The highest BCUT2D eigenvalue weighted by molar-refractivity contribution is 5.89. The summed E-state index contributed by atoms with van der Waals surface area (Å²) in [4.78, 5) is 40.0. The fraction of sp³-hybridized carbons (Fsp3) is 0.296. The number of nitrogens with one attached hydrogen (secondary N) is 2. The van der Waals surface area contributed by atoms with Gasteiger partial charge >= 0.3 is 5.63 Å². The number of hydrogen-bond donors (Lipinski definition) is 3. The van der Waals surface area contributed by atoms with E-state index in [0.29, 0.717) is 39.8 Å². The molecule has 0 spiro atoms. The minimum atomic E-state index is -1.45. The van der Waals surface area contributed by atoms with Crippen molar-refractivity contribution in [2.24, 2.45) is 0 Å². The molecule has 3 N–H and O–H groups in total. The highest BCUT2D eigenvalue weighted by Crippen LogP contribution is 2.30. The maximum atomic E-state index is 12.8. The van der Waals surface area contributed by atoms with Crippen molar-refractivity contribution in [3.05, 3.63) is 69.2 Å². The number of carboxylic acids is 1. The first-order valence-corrected chi connectivity index (χ1v) is 11.6. The predicted octanol–water partition coefficient (Wildman–Crippen LogP) is 2.40. The zero-order valence-electron chi connectivity index (χ0n) is 20.4. The van der Waals surface area contributed by atoms with Crippen LogP contribution in [-0.2, 0) is 22.4 Å². The van der Waals surface area contributed by atoms with Crippen molar-refractivity contribution in [1.82, 2.24) is 10.3 Å². The number of aromatic amines is 1. The number of amides is 1. The molecule has 0 saturated carbocycles. The summed E-state index contributed by atoms with van der Waals surface area (Å²) >= 11 is 0. The maximum absolute atomic E-state index is 12.8. The van der Waals surface area contributed by atoms with Crippen molar-refractivity contribution in [2.75, 3.05) is 0 Å². The molecule has 2 atom stereocenters. The quantitative estimate of drug-likeness (QED) is 0.321. The summed E-state index contributed by atoms with van der Waals surface area (Å²) in [6, 6.07) is 6.86. The SMILES string of the molecule is CCc1c(C)c2ccc(O[C@@H](C)C(=O)N[C@@H](Cc3c[nH]c4ccc(O)cc34)C(=O)[O-])c(C)c2oc1=O. The molecule has 0 aliphatic carbocycles. The van der Waals surface area contributed by atoms with E-state index < -0.39 is 29.6 Å². The molecule has 1 amide bonds. The Bertz CT molecular complexity index is 1530. The Labute approximate surface area is 206 Å². The van der Waals surface area contributed by atoms with Crippen LogP contribution in [0.1, 0.15) is 36.1 Å². The van der Waals surface area contributed by atoms with Crippen molar-refractivity contribution >= 4 is 33.7 Å². The summed E-state index contributed by atoms with van der Waals surface area (Å²) in [6.45, 7) is 6.98. The lowest BCUT2D eigenvalue weighted by atomic mass is 10.0. The van der Waals surface area contributed by atoms with Crippen molar-refractivity contribution < 1.29 is 29.0 Å². The predicted molar refractivity (Wildman–Crippen MR) is 132 cm³/mol. The number of aryl methyl sites for hydroxylation is 2. The Morgan fingerprint density at radius 2 is 1.92 bits per heavy atom. The zero-order chi connectivity index (χ0) is 26.1. The normalized spacial score (nSPS) is 13.0. The molecule has 2 aromatic carbocycles. The van der Waals surface area contributed by atoms with Gasteiger partial charge in [-0.1, -0.05) is 6.92 Å². The molecule has 2 aromatic heterocycles. The number of carbonyl (C=O) groups excluding carboxylic acids is 2. The van der Waals surface area contributed by atoms with Crippen LogP contribution < -0.4 is 20.8 Å². The minimum absolute atomic E-state index is 0.0436. The Morgan fingerprint density at radius 1 is 1.17 bits per heavy atom. The Balaban J connectivity index is 1.53. The number of phenols is 1. The summed E-state index contributed by atoms with van der Waals surface area (Å²) in [5, 5.41) is 25.5. The van der Waals surface area contributed by atoms with Gasteiger partial charge in [-0.15, -0.1) is 0 Å². The largest absolute Gasteiger partial charge is 0.548 e. The Kier molecular flexibility index (Phi) is 6.74. The van der Waals surface area contributed by atoms with Crippen LogP contribution in [0.3, 0.4) is 0 Å². The molecule has 188 valence electrons. The van der Waals surface area contributed by atoms with E-state index in [4.69, 9.17) is 9.15 Å². The number of fused-ring (bicyclic) bond motifs is 2. The van der Waals surface area contributed by atoms with Crippen molar-refractivity contribution in [3.8, 4) is 11.5 Å². The van der Waals surface area contributed by atoms with Crippen molar-refractivity contribution in [3.63, 3.8) is 0 Å². The van der Waals surface area contributed by atoms with Gasteiger partial charge in [0.15, 0.2) is 6.10 Å². The molecule has 2 heterocycles. The van der Waals surface area contributed by atoms with Gasteiger partial charge in [0.05, 0.1) is 12.0 Å². The molecule has 9 heteroatoms. The molecule has 0 fully saturated rings. The number of hydrogen-bond acceptors (Lipinski definition) is 7. The summed E-state index contributed by atoms with van der Waals surface area (Å²) in [7, 11) is 0. The molecular weight excluding hydrogens is 464 g/mol. The van der Waals surface area contributed by atoms with Crippen LogP contribution in [0.2, 0.25) is 0 Å².